The van der Waals surface area contributed by atoms with Crippen LogP contribution in [0.25, 0.3) is 0 Å². The summed E-state index contributed by atoms with van der Waals surface area (Å²) >= 11 is 0. The largest absolute Gasteiger partial charge is 0.325 e. The maximum Gasteiger partial charge on any atom is 0.321 e. The van der Waals surface area contributed by atoms with Crippen LogP contribution in [0, 0.1) is 5.82 Å². The molecule has 0 atom stereocenters. The Hall–Kier alpha value is -2.11. The lowest BCUT2D eigenvalue weighted by molar-refractivity contribution is -0.114. The van der Waals surface area contributed by atoms with Crippen molar-refractivity contribution in [1.29, 1.82) is 0 Å². The Morgan fingerprint density at radius 2 is 1.76 bits per heavy atom. The van der Waals surface area contributed by atoms with Crippen LogP contribution in [0.4, 0.5) is 20.6 Å². The van der Waals surface area contributed by atoms with Gasteiger partial charge in [-0.15, -0.1) is 0 Å². The van der Waals surface area contributed by atoms with Crippen LogP contribution in [0.5, 0.6) is 0 Å². The predicted octanol–water partition coefficient (Wildman–Crippen LogP) is 3.19. The molecule has 0 unspecified atom stereocenters. The van der Waals surface area contributed by atoms with Gasteiger partial charge in [0.2, 0.25) is 5.91 Å². The molecule has 0 spiro atoms. The predicted molar refractivity (Wildman–Crippen MR) is 79.8 cm³/mol. The van der Waals surface area contributed by atoms with Crippen molar-refractivity contribution in [3.63, 3.8) is 0 Å². The summed E-state index contributed by atoms with van der Waals surface area (Å²) < 4.78 is 13.5. The van der Waals surface area contributed by atoms with Gasteiger partial charge in [-0.25, -0.2) is 9.18 Å². The fourth-order valence-corrected chi connectivity index (χ4v) is 2.36. The minimum absolute atomic E-state index is 0.0659. The topological polar surface area (TPSA) is 61.4 Å². The first-order valence-electron chi connectivity index (χ1n) is 7.19. The molecule has 1 aromatic carbocycles. The van der Waals surface area contributed by atoms with Gasteiger partial charge in [0, 0.05) is 25.7 Å². The van der Waals surface area contributed by atoms with Crippen molar-refractivity contribution in [2.75, 3.05) is 23.7 Å². The first-order valence-corrected chi connectivity index (χ1v) is 7.19. The molecule has 1 aliphatic heterocycles. The third-order valence-corrected chi connectivity index (χ3v) is 3.42. The summed E-state index contributed by atoms with van der Waals surface area (Å²) in [5, 5.41) is 5.15. The van der Waals surface area contributed by atoms with Gasteiger partial charge < -0.3 is 15.5 Å². The molecule has 0 aliphatic carbocycles. The quantitative estimate of drug-likeness (QED) is 0.879. The molecular formula is C15H20FN3O2. The van der Waals surface area contributed by atoms with E-state index in [-0.39, 0.29) is 17.6 Å². The highest BCUT2D eigenvalue weighted by atomic mass is 19.1. The third-order valence-electron chi connectivity index (χ3n) is 3.42. The number of nitrogens with one attached hydrogen (secondary N) is 2. The van der Waals surface area contributed by atoms with Crippen LogP contribution in [0.15, 0.2) is 18.2 Å². The average molecular weight is 293 g/mol. The number of amides is 3. The molecule has 2 N–H and O–H groups in total. The Morgan fingerprint density at radius 1 is 1.10 bits per heavy atom. The molecule has 0 saturated carbocycles. The second kappa shape index (κ2) is 7.06. The van der Waals surface area contributed by atoms with Gasteiger partial charge in [0.1, 0.15) is 5.82 Å². The maximum absolute atomic E-state index is 13.5. The van der Waals surface area contributed by atoms with Gasteiger partial charge in [0.25, 0.3) is 0 Å². The van der Waals surface area contributed by atoms with Crippen LogP contribution in [-0.4, -0.2) is 29.9 Å². The normalized spacial score (nSPS) is 15.2. The Bertz CT molecular complexity index is 526. The monoisotopic (exact) mass is 293 g/mol. The minimum Gasteiger partial charge on any atom is -0.325 e. The molecule has 5 nitrogen and oxygen atoms in total. The molecule has 21 heavy (non-hydrogen) atoms. The molecule has 0 aromatic heterocycles. The van der Waals surface area contributed by atoms with Crippen molar-refractivity contribution in [1.82, 2.24) is 4.90 Å². The Labute approximate surface area is 123 Å². The number of likely N-dealkylation sites (tertiary alicyclic amines) is 1. The lowest BCUT2D eigenvalue weighted by Gasteiger charge is -2.21. The SMILES string of the molecule is CC(=O)Nc1cc(NC(=O)N2CCCCCC2)ccc1F. The van der Waals surface area contributed by atoms with Gasteiger partial charge in [-0.3, -0.25) is 4.79 Å². The lowest BCUT2D eigenvalue weighted by atomic mass is 10.2. The third kappa shape index (κ3) is 4.44. The van der Waals surface area contributed by atoms with Crippen LogP contribution in [0.3, 0.4) is 0 Å². The number of rotatable bonds is 2. The van der Waals surface area contributed by atoms with E-state index in [2.05, 4.69) is 10.6 Å². The number of hydrogen-bond acceptors (Lipinski definition) is 2. The first kappa shape index (κ1) is 15.3. The number of nitrogens with zero attached hydrogens (tertiary/aromatic N) is 1. The highest BCUT2D eigenvalue weighted by Gasteiger charge is 2.16. The lowest BCUT2D eigenvalue weighted by Crippen LogP contribution is -2.35. The van der Waals surface area contributed by atoms with Crippen LogP contribution in [0.1, 0.15) is 32.6 Å². The fraction of sp³-hybridized carbons (Fsp3) is 0.467. The summed E-state index contributed by atoms with van der Waals surface area (Å²) in [4.78, 5) is 25.0. The fourth-order valence-electron chi connectivity index (χ4n) is 2.36. The number of anilines is 2. The highest BCUT2D eigenvalue weighted by Crippen LogP contribution is 2.20. The molecule has 1 heterocycles. The Balaban J connectivity index is 2.04. The van der Waals surface area contributed by atoms with Crippen LogP contribution in [0.2, 0.25) is 0 Å². The highest BCUT2D eigenvalue weighted by molar-refractivity contribution is 5.92. The Kier molecular flexibility index (Phi) is 5.14. The van der Waals surface area contributed by atoms with E-state index in [0.717, 1.165) is 38.8 Å². The number of benzene rings is 1. The van der Waals surface area contributed by atoms with Gasteiger partial charge in [-0.05, 0) is 31.0 Å². The van der Waals surface area contributed by atoms with E-state index >= 15 is 0 Å². The minimum atomic E-state index is -0.530. The molecule has 1 aromatic rings. The van der Waals surface area contributed by atoms with Crippen LogP contribution >= 0.6 is 0 Å². The van der Waals surface area contributed by atoms with E-state index in [1.165, 1.54) is 25.1 Å². The summed E-state index contributed by atoms with van der Waals surface area (Å²) in [6.07, 6.45) is 4.31. The van der Waals surface area contributed by atoms with Crippen molar-refractivity contribution in [2.45, 2.75) is 32.6 Å². The number of urea groups is 1. The molecule has 6 heteroatoms. The molecule has 0 radical (unpaired) electrons. The average Bonchev–Trinajstić information content (AvgIpc) is 2.71. The first-order chi connectivity index (χ1) is 10.1. The number of carbonyl (C=O) groups excluding carboxylic acids is 2. The summed E-state index contributed by atoms with van der Waals surface area (Å²) in [5.41, 5.74) is 0.533. The second-order valence-corrected chi connectivity index (χ2v) is 5.21. The van der Waals surface area contributed by atoms with Crippen molar-refractivity contribution in [3.8, 4) is 0 Å². The summed E-state index contributed by atoms with van der Waals surface area (Å²) in [7, 11) is 0. The molecule has 3 amide bonds. The van der Waals surface area contributed by atoms with Gasteiger partial charge in [0.05, 0.1) is 5.69 Å². The van der Waals surface area contributed by atoms with Crippen LogP contribution in [-0.2, 0) is 4.79 Å². The van der Waals surface area contributed by atoms with Crippen molar-refractivity contribution in [3.05, 3.63) is 24.0 Å². The van der Waals surface area contributed by atoms with Gasteiger partial charge in [0.15, 0.2) is 0 Å². The van der Waals surface area contributed by atoms with E-state index in [0.29, 0.717) is 5.69 Å². The Morgan fingerprint density at radius 3 is 2.38 bits per heavy atom. The van der Waals surface area contributed by atoms with Gasteiger partial charge in [-0.1, -0.05) is 12.8 Å². The molecule has 114 valence electrons. The molecule has 1 aliphatic rings. The van der Waals surface area contributed by atoms with E-state index < -0.39 is 5.82 Å². The zero-order valence-electron chi connectivity index (χ0n) is 12.1. The van der Waals surface area contributed by atoms with E-state index in [1.807, 2.05) is 0 Å². The number of hydrogen-bond donors (Lipinski definition) is 2. The molecular weight excluding hydrogens is 273 g/mol. The van der Waals surface area contributed by atoms with Crippen molar-refractivity contribution >= 4 is 23.3 Å². The molecule has 0 bridgehead atoms. The molecule has 1 saturated heterocycles. The summed E-state index contributed by atoms with van der Waals surface area (Å²) in [5.74, 6) is -0.886. The van der Waals surface area contributed by atoms with Gasteiger partial charge >= 0.3 is 6.03 Å². The smallest absolute Gasteiger partial charge is 0.321 e. The second-order valence-electron chi connectivity index (χ2n) is 5.21. The molecule has 1 fully saturated rings. The van der Waals surface area contributed by atoms with E-state index in [9.17, 15) is 14.0 Å². The zero-order valence-corrected chi connectivity index (χ0v) is 12.1. The zero-order chi connectivity index (χ0) is 15.2. The van der Waals surface area contributed by atoms with Crippen molar-refractivity contribution < 1.29 is 14.0 Å². The van der Waals surface area contributed by atoms with E-state index in [1.54, 1.807) is 4.90 Å². The number of halogens is 1. The van der Waals surface area contributed by atoms with E-state index in [4.69, 9.17) is 0 Å². The standard InChI is InChI=1S/C15H20FN3O2/c1-11(20)17-14-10-12(6-7-13(14)16)18-15(21)19-8-4-2-3-5-9-19/h6-7,10H,2-5,8-9H2,1H3,(H,17,20)(H,18,21). The van der Waals surface area contributed by atoms with Gasteiger partial charge in [-0.2, -0.15) is 0 Å². The summed E-state index contributed by atoms with van der Waals surface area (Å²) in [6, 6.07) is 3.95. The summed E-state index contributed by atoms with van der Waals surface area (Å²) in [6.45, 7) is 2.79. The molecule has 2 rings (SSSR count). The van der Waals surface area contributed by atoms with Crippen LogP contribution < -0.4 is 10.6 Å². The maximum atomic E-state index is 13.5. The number of carbonyl (C=O) groups is 2. The van der Waals surface area contributed by atoms with Crippen molar-refractivity contribution in [2.24, 2.45) is 0 Å².